The van der Waals surface area contributed by atoms with Crippen LogP contribution >= 0.6 is 0 Å². The number of likely N-dealkylation sites (tertiary alicyclic amines) is 1. The first-order valence-electron chi connectivity index (χ1n) is 9.74. The highest BCUT2D eigenvalue weighted by molar-refractivity contribution is 5.94. The molecule has 5 N–H and O–H groups in total. The van der Waals surface area contributed by atoms with Crippen molar-refractivity contribution in [1.82, 2.24) is 20.9 Å². The van der Waals surface area contributed by atoms with Crippen LogP contribution in [0.4, 0.5) is 0 Å². The smallest absolute Gasteiger partial charge is 0.326 e. The van der Waals surface area contributed by atoms with Crippen LogP contribution in [0.25, 0.3) is 0 Å². The number of aliphatic hydroxyl groups excluding tert-OH is 1. The van der Waals surface area contributed by atoms with Gasteiger partial charge in [-0.15, -0.1) is 0 Å². The molecule has 28 heavy (non-hydrogen) atoms. The Labute approximate surface area is 164 Å². The lowest BCUT2D eigenvalue weighted by Gasteiger charge is -2.29. The van der Waals surface area contributed by atoms with Gasteiger partial charge in [-0.1, -0.05) is 13.8 Å². The van der Waals surface area contributed by atoms with Crippen LogP contribution in [0, 0.1) is 5.92 Å². The van der Waals surface area contributed by atoms with Gasteiger partial charge in [-0.05, 0) is 38.1 Å². The van der Waals surface area contributed by atoms with E-state index in [9.17, 15) is 29.4 Å². The molecule has 0 aromatic rings. The second kappa shape index (κ2) is 9.83. The number of nitrogens with one attached hydrogen (secondary N) is 3. The van der Waals surface area contributed by atoms with Crippen LogP contribution < -0.4 is 16.0 Å². The molecular formula is C18H30N4O6. The molecule has 10 heteroatoms. The number of hydrogen-bond acceptors (Lipinski definition) is 6. The Morgan fingerprint density at radius 3 is 2.39 bits per heavy atom. The fourth-order valence-corrected chi connectivity index (χ4v) is 3.63. The molecule has 2 rings (SSSR count). The van der Waals surface area contributed by atoms with Crippen molar-refractivity contribution in [1.29, 1.82) is 0 Å². The highest BCUT2D eigenvalue weighted by Crippen LogP contribution is 2.18. The second-order valence-electron chi connectivity index (χ2n) is 7.65. The first-order chi connectivity index (χ1) is 13.3. The lowest BCUT2D eigenvalue weighted by atomic mass is 10.0. The Balaban J connectivity index is 2.02. The molecule has 2 aliphatic rings. The molecule has 0 aliphatic carbocycles. The summed E-state index contributed by atoms with van der Waals surface area (Å²) in [6.45, 7) is 3.89. The van der Waals surface area contributed by atoms with E-state index < -0.39 is 42.5 Å². The molecule has 3 amide bonds. The van der Waals surface area contributed by atoms with Crippen LogP contribution in [-0.2, 0) is 19.2 Å². The summed E-state index contributed by atoms with van der Waals surface area (Å²) in [6, 6.07) is -3.42. The van der Waals surface area contributed by atoms with Crippen molar-refractivity contribution >= 4 is 23.7 Å². The molecule has 0 aromatic heterocycles. The maximum Gasteiger partial charge on any atom is 0.326 e. The number of carbonyl (C=O) groups excluding carboxylic acids is 3. The number of hydrogen-bond donors (Lipinski definition) is 5. The van der Waals surface area contributed by atoms with Gasteiger partial charge in [0.15, 0.2) is 0 Å². The molecule has 0 saturated carbocycles. The van der Waals surface area contributed by atoms with Crippen LogP contribution in [0.5, 0.6) is 0 Å². The normalized spacial score (nSPS) is 24.1. The predicted octanol–water partition coefficient (Wildman–Crippen LogP) is -1.57. The zero-order valence-corrected chi connectivity index (χ0v) is 16.3. The Morgan fingerprint density at radius 1 is 1.14 bits per heavy atom. The standard InChI is InChI=1S/C18H30N4O6/c1-10(2)14(21-15(24)11-5-3-7-19-11)16(25)20-12(9-23)17(26)22-8-4-6-13(22)18(27)28/h10-14,19,23H,3-9H2,1-2H3,(H,20,25)(H,21,24)(H,27,28). The molecule has 0 bridgehead atoms. The topological polar surface area (TPSA) is 148 Å². The van der Waals surface area contributed by atoms with E-state index in [4.69, 9.17) is 0 Å². The molecule has 4 unspecified atom stereocenters. The highest BCUT2D eigenvalue weighted by Gasteiger charge is 2.38. The average molecular weight is 398 g/mol. The minimum atomic E-state index is -1.25. The predicted molar refractivity (Wildman–Crippen MR) is 99.2 cm³/mol. The van der Waals surface area contributed by atoms with E-state index in [-0.39, 0.29) is 24.4 Å². The molecular weight excluding hydrogens is 368 g/mol. The number of nitrogens with zero attached hydrogens (tertiary/aromatic N) is 1. The fraction of sp³-hybridized carbons (Fsp3) is 0.778. The van der Waals surface area contributed by atoms with Crippen molar-refractivity contribution in [2.45, 2.75) is 63.7 Å². The minimum Gasteiger partial charge on any atom is -0.480 e. The van der Waals surface area contributed by atoms with Gasteiger partial charge in [0, 0.05) is 6.54 Å². The van der Waals surface area contributed by atoms with Crippen molar-refractivity contribution in [2.75, 3.05) is 19.7 Å². The zero-order valence-electron chi connectivity index (χ0n) is 16.3. The summed E-state index contributed by atoms with van der Waals surface area (Å²) in [5, 5.41) is 27.1. The lowest BCUT2D eigenvalue weighted by Crippen LogP contribution is -2.59. The lowest BCUT2D eigenvalue weighted by molar-refractivity contribution is -0.150. The number of amides is 3. The van der Waals surface area contributed by atoms with Gasteiger partial charge in [-0.2, -0.15) is 0 Å². The molecule has 2 fully saturated rings. The second-order valence-corrected chi connectivity index (χ2v) is 7.65. The largest absolute Gasteiger partial charge is 0.480 e. The maximum atomic E-state index is 12.7. The number of carboxylic acid groups (broad SMARTS) is 1. The molecule has 4 atom stereocenters. The van der Waals surface area contributed by atoms with E-state index in [2.05, 4.69) is 16.0 Å². The van der Waals surface area contributed by atoms with Crippen molar-refractivity contribution in [2.24, 2.45) is 5.92 Å². The van der Waals surface area contributed by atoms with E-state index in [1.807, 2.05) is 0 Å². The third kappa shape index (κ3) is 5.20. The van der Waals surface area contributed by atoms with E-state index in [1.54, 1.807) is 13.8 Å². The quantitative estimate of drug-likeness (QED) is 0.332. The molecule has 0 spiro atoms. The fourth-order valence-electron chi connectivity index (χ4n) is 3.63. The van der Waals surface area contributed by atoms with Gasteiger partial charge in [0.2, 0.25) is 17.7 Å². The van der Waals surface area contributed by atoms with E-state index in [0.717, 1.165) is 13.0 Å². The number of aliphatic hydroxyl groups is 1. The van der Waals surface area contributed by atoms with Crippen molar-refractivity contribution in [3.63, 3.8) is 0 Å². The first kappa shape index (κ1) is 22.1. The zero-order chi connectivity index (χ0) is 20.8. The summed E-state index contributed by atoms with van der Waals surface area (Å²) >= 11 is 0. The van der Waals surface area contributed by atoms with Crippen molar-refractivity contribution in [3.05, 3.63) is 0 Å². The summed E-state index contributed by atoms with van der Waals surface area (Å²) < 4.78 is 0. The number of aliphatic carboxylic acids is 1. The molecule has 2 aliphatic heterocycles. The van der Waals surface area contributed by atoms with E-state index in [0.29, 0.717) is 19.3 Å². The Bertz CT molecular complexity index is 605. The minimum absolute atomic E-state index is 0.238. The highest BCUT2D eigenvalue weighted by atomic mass is 16.4. The van der Waals surface area contributed by atoms with Crippen LogP contribution in [0.1, 0.15) is 39.5 Å². The molecule has 158 valence electrons. The third-order valence-corrected chi connectivity index (χ3v) is 5.24. The summed E-state index contributed by atoms with van der Waals surface area (Å²) in [4.78, 5) is 50.1. The van der Waals surface area contributed by atoms with Crippen molar-refractivity contribution < 1.29 is 29.4 Å². The monoisotopic (exact) mass is 398 g/mol. The molecule has 10 nitrogen and oxygen atoms in total. The maximum absolute atomic E-state index is 12.7. The van der Waals surface area contributed by atoms with Gasteiger partial charge < -0.3 is 31.1 Å². The number of carbonyl (C=O) groups is 4. The van der Waals surface area contributed by atoms with E-state index >= 15 is 0 Å². The van der Waals surface area contributed by atoms with Crippen LogP contribution in [0.15, 0.2) is 0 Å². The number of carboxylic acids is 1. The van der Waals surface area contributed by atoms with E-state index in [1.165, 1.54) is 4.90 Å². The van der Waals surface area contributed by atoms with Gasteiger partial charge >= 0.3 is 5.97 Å². The van der Waals surface area contributed by atoms with Crippen LogP contribution in [-0.4, -0.2) is 82.7 Å². The summed E-state index contributed by atoms with van der Waals surface area (Å²) in [5.74, 6) is -2.83. The van der Waals surface area contributed by atoms with Crippen LogP contribution in [0.2, 0.25) is 0 Å². The van der Waals surface area contributed by atoms with Crippen LogP contribution in [0.3, 0.4) is 0 Å². The van der Waals surface area contributed by atoms with Gasteiger partial charge in [-0.3, -0.25) is 14.4 Å². The van der Waals surface area contributed by atoms with Gasteiger partial charge in [0.25, 0.3) is 0 Å². The number of rotatable bonds is 8. The molecule has 0 radical (unpaired) electrons. The summed E-state index contributed by atoms with van der Waals surface area (Å²) in [5.41, 5.74) is 0. The molecule has 0 aromatic carbocycles. The molecule has 2 saturated heterocycles. The van der Waals surface area contributed by atoms with Gasteiger partial charge in [0.05, 0.1) is 12.6 Å². The summed E-state index contributed by atoms with van der Waals surface area (Å²) in [7, 11) is 0. The van der Waals surface area contributed by atoms with Gasteiger partial charge in [0.1, 0.15) is 18.1 Å². The van der Waals surface area contributed by atoms with Crippen molar-refractivity contribution in [3.8, 4) is 0 Å². The third-order valence-electron chi connectivity index (χ3n) is 5.24. The first-order valence-corrected chi connectivity index (χ1v) is 9.74. The summed E-state index contributed by atoms with van der Waals surface area (Å²) in [6.07, 6.45) is 2.47. The Hall–Kier alpha value is -2.20. The Morgan fingerprint density at radius 2 is 1.86 bits per heavy atom. The molecule has 2 heterocycles. The van der Waals surface area contributed by atoms with Gasteiger partial charge in [-0.25, -0.2) is 4.79 Å². The average Bonchev–Trinajstić information content (AvgIpc) is 3.34. The SMILES string of the molecule is CC(C)C(NC(=O)C1CCCN1)C(=O)NC(CO)C(=O)N1CCCC1C(=O)O. The Kier molecular flexibility index (Phi) is 7.76.